The standard InChI is InChI=1S/C19H21N/c1-15-12-16(2)18-10-6-7-11-20(19(18)13-15)14-17-8-4-3-5-9-17/h3-9,12-13H,10-11,14H2,1-2H3. The van der Waals surface area contributed by atoms with E-state index < -0.39 is 0 Å². The van der Waals surface area contributed by atoms with Crippen molar-refractivity contribution in [2.24, 2.45) is 0 Å². The summed E-state index contributed by atoms with van der Waals surface area (Å²) in [7, 11) is 0. The fourth-order valence-electron chi connectivity index (χ4n) is 2.98. The average molecular weight is 263 g/mol. The smallest absolute Gasteiger partial charge is 0.0433 e. The van der Waals surface area contributed by atoms with E-state index in [0.717, 1.165) is 19.5 Å². The highest BCUT2D eigenvalue weighted by Crippen LogP contribution is 2.29. The largest absolute Gasteiger partial charge is 0.363 e. The topological polar surface area (TPSA) is 3.24 Å². The summed E-state index contributed by atoms with van der Waals surface area (Å²) >= 11 is 0. The monoisotopic (exact) mass is 263 g/mol. The summed E-state index contributed by atoms with van der Waals surface area (Å²) < 4.78 is 0. The van der Waals surface area contributed by atoms with Gasteiger partial charge in [0.15, 0.2) is 0 Å². The van der Waals surface area contributed by atoms with E-state index in [2.05, 4.69) is 73.4 Å². The SMILES string of the molecule is Cc1cc(C)c2c(c1)N(Cc1ccccc1)CC=CC2. The summed E-state index contributed by atoms with van der Waals surface area (Å²) in [4.78, 5) is 2.48. The van der Waals surface area contributed by atoms with Gasteiger partial charge in [0.1, 0.15) is 0 Å². The van der Waals surface area contributed by atoms with E-state index in [9.17, 15) is 0 Å². The molecule has 0 radical (unpaired) electrons. The fraction of sp³-hybridized carbons (Fsp3) is 0.263. The molecule has 0 spiro atoms. The van der Waals surface area contributed by atoms with Crippen LogP contribution in [0.15, 0.2) is 54.6 Å². The second kappa shape index (κ2) is 5.54. The number of fused-ring (bicyclic) bond motifs is 1. The maximum atomic E-state index is 2.48. The van der Waals surface area contributed by atoms with Crippen LogP contribution < -0.4 is 4.90 Å². The Morgan fingerprint density at radius 2 is 1.80 bits per heavy atom. The number of hydrogen-bond acceptors (Lipinski definition) is 1. The van der Waals surface area contributed by atoms with E-state index in [-0.39, 0.29) is 0 Å². The Hall–Kier alpha value is -2.02. The number of benzene rings is 2. The number of anilines is 1. The number of hydrogen-bond donors (Lipinski definition) is 0. The number of aryl methyl sites for hydroxylation is 2. The third-order valence-corrected chi connectivity index (χ3v) is 3.97. The molecule has 0 atom stereocenters. The van der Waals surface area contributed by atoms with Gasteiger partial charge in [-0.25, -0.2) is 0 Å². The molecule has 0 amide bonds. The Balaban J connectivity index is 1.99. The Bertz CT molecular complexity index is 626. The van der Waals surface area contributed by atoms with Crippen LogP contribution in [0.4, 0.5) is 5.69 Å². The molecule has 0 saturated carbocycles. The molecule has 20 heavy (non-hydrogen) atoms. The molecule has 1 aliphatic heterocycles. The second-order valence-electron chi connectivity index (χ2n) is 5.62. The minimum atomic E-state index is 0.973. The lowest BCUT2D eigenvalue weighted by molar-refractivity contribution is 0.865. The molecular formula is C19H21N. The van der Waals surface area contributed by atoms with Crippen LogP contribution in [0.5, 0.6) is 0 Å². The van der Waals surface area contributed by atoms with E-state index in [0.29, 0.717) is 0 Å². The first-order chi connectivity index (χ1) is 9.74. The molecule has 1 nitrogen and oxygen atoms in total. The van der Waals surface area contributed by atoms with Crippen LogP contribution in [0.2, 0.25) is 0 Å². The molecule has 0 unspecified atom stereocenters. The molecule has 0 aliphatic carbocycles. The van der Waals surface area contributed by atoms with Gasteiger partial charge in [-0.3, -0.25) is 0 Å². The lowest BCUT2D eigenvalue weighted by Crippen LogP contribution is -2.23. The van der Waals surface area contributed by atoms with Gasteiger partial charge in [-0.05, 0) is 48.6 Å². The Kier molecular flexibility index (Phi) is 3.60. The number of allylic oxidation sites excluding steroid dienone is 1. The van der Waals surface area contributed by atoms with Crippen molar-refractivity contribution in [3.63, 3.8) is 0 Å². The zero-order chi connectivity index (χ0) is 13.9. The van der Waals surface area contributed by atoms with Crippen LogP contribution in [-0.2, 0) is 13.0 Å². The van der Waals surface area contributed by atoms with E-state index in [4.69, 9.17) is 0 Å². The third-order valence-electron chi connectivity index (χ3n) is 3.97. The van der Waals surface area contributed by atoms with Crippen LogP contribution in [0.25, 0.3) is 0 Å². The number of rotatable bonds is 2. The van der Waals surface area contributed by atoms with Crippen LogP contribution in [0.1, 0.15) is 22.3 Å². The van der Waals surface area contributed by atoms with Crippen LogP contribution in [0.3, 0.4) is 0 Å². The zero-order valence-electron chi connectivity index (χ0n) is 12.3. The molecule has 1 heteroatoms. The van der Waals surface area contributed by atoms with Gasteiger partial charge in [0, 0.05) is 18.8 Å². The molecule has 0 fully saturated rings. The molecule has 1 aliphatic rings. The van der Waals surface area contributed by atoms with E-state index in [1.54, 1.807) is 0 Å². The summed E-state index contributed by atoms with van der Waals surface area (Å²) in [5.41, 5.74) is 7.00. The Labute approximate surface area is 121 Å². The van der Waals surface area contributed by atoms with Crippen molar-refractivity contribution in [1.29, 1.82) is 0 Å². The summed E-state index contributed by atoms with van der Waals surface area (Å²) in [6.45, 7) is 6.38. The molecular weight excluding hydrogens is 242 g/mol. The van der Waals surface area contributed by atoms with Gasteiger partial charge in [0.05, 0.1) is 0 Å². The lowest BCUT2D eigenvalue weighted by atomic mass is 10.00. The van der Waals surface area contributed by atoms with Gasteiger partial charge in [-0.1, -0.05) is 48.6 Å². The summed E-state index contributed by atoms with van der Waals surface area (Å²) in [5.74, 6) is 0. The van der Waals surface area contributed by atoms with Gasteiger partial charge >= 0.3 is 0 Å². The number of nitrogens with zero attached hydrogens (tertiary/aromatic N) is 1. The average Bonchev–Trinajstić information content (AvgIpc) is 2.63. The summed E-state index contributed by atoms with van der Waals surface area (Å²) in [6, 6.07) is 15.3. The minimum absolute atomic E-state index is 0.973. The summed E-state index contributed by atoms with van der Waals surface area (Å²) in [5, 5.41) is 0. The van der Waals surface area contributed by atoms with Crippen LogP contribution in [0, 0.1) is 13.8 Å². The van der Waals surface area contributed by atoms with Crippen molar-refractivity contribution >= 4 is 5.69 Å². The van der Waals surface area contributed by atoms with E-state index in [1.165, 1.54) is 27.9 Å². The molecule has 0 N–H and O–H groups in total. The van der Waals surface area contributed by atoms with Gasteiger partial charge in [0.2, 0.25) is 0 Å². The molecule has 102 valence electrons. The predicted octanol–water partition coefficient (Wildman–Crippen LogP) is 4.42. The zero-order valence-corrected chi connectivity index (χ0v) is 12.3. The van der Waals surface area contributed by atoms with Crippen LogP contribution >= 0.6 is 0 Å². The molecule has 0 saturated heterocycles. The Morgan fingerprint density at radius 3 is 2.60 bits per heavy atom. The third kappa shape index (κ3) is 2.62. The molecule has 3 rings (SSSR count). The quantitative estimate of drug-likeness (QED) is 0.725. The van der Waals surface area contributed by atoms with Gasteiger partial charge in [-0.15, -0.1) is 0 Å². The van der Waals surface area contributed by atoms with Crippen molar-refractivity contribution in [2.45, 2.75) is 26.8 Å². The van der Waals surface area contributed by atoms with Crippen molar-refractivity contribution < 1.29 is 0 Å². The Morgan fingerprint density at radius 1 is 1.00 bits per heavy atom. The highest BCUT2D eigenvalue weighted by molar-refractivity contribution is 5.60. The molecule has 0 bridgehead atoms. The molecule has 2 aromatic rings. The second-order valence-corrected chi connectivity index (χ2v) is 5.62. The minimum Gasteiger partial charge on any atom is -0.363 e. The normalized spacial score (nSPS) is 14.0. The van der Waals surface area contributed by atoms with Gasteiger partial charge in [-0.2, -0.15) is 0 Å². The van der Waals surface area contributed by atoms with Gasteiger partial charge < -0.3 is 4.90 Å². The first-order valence-electron chi connectivity index (χ1n) is 7.28. The fourth-order valence-corrected chi connectivity index (χ4v) is 2.98. The molecule has 1 heterocycles. The van der Waals surface area contributed by atoms with Gasteiger partial charge in [0.25, 0.3) is 0 Å². The molecule has 0 aromatic heterocycles. The van der Waals surface area contributed by atoms with Crippen molar-refractivity contribution in [1.82, 2.24) is 0 Å². The highest BCUT2D eigenvalue weighted by atomic mass is 15.1. The molecule has 2 aromatic carbocycles. The predicted molar refractivity (Wildman–Crippen MR) is 86.3 cm³/mol. The first-order valence-corrected chi connectivity index (χ1v) is 7.28. The van der Waals surface area contributed by atoms with E-state index in [1.807, 2.05) is 0 Å². The van der Waals surface area contributed by atoms with Crippen molar-refractivity contribution in [3.05, 3.63) is 76.9 Å². The maximum Gasteiger partial charge on any atom is 0.0433 e. The van der Waals surface area contributed by atoms with E-state index >= 15 is 0 Å². The highest BCUT2D eigenvalue weighted by Gasteiger charge is 2.15. The van der Waals surface area contributed by atoms with Crippen LogP contribution in [-0.4, -0.2) is 6.54 Å². The van der Waals surface area contributed by atoms with Crippen molar-refractivity contribution in [3.8, 4) is 0 Å². The maximum absolute atomic E-state index is 2.48. The summed E-state index contributed by atoms with van der Waals surface area (Å²) in [6.07, 6.45) is 5.64. The van der Waals surface area contributed by atoms with Crippen molar-refractivity contribution in [2.75, 3.05) is 11.4 Å². The lowest BCUT2D eigenvalue weighted by Gasteiger charge is -2.26. The first kappa shape index (κ1) is 13.0.